The van der Waals surface area contributed by atoms with Crippen molar-refractivity contribution in [1.29, 1.82) is 0 Å². The summed E-state index contributed by atoms with van der Waals surface area (Å²) < 4.78 is 34.6. The van der Waals surface area contributed by atoms with Gasteiger partial charge in [0.2, 0.25) is 0 Å². The van der Waals surface area contributed by atoms with Crippen LogP contribution in [0, 0.1) is 5.41 Å². The van der Waals surface area contributed by atoms with Crippen molar-refractivity contribution in [2.45, 2.75) is 25.7 Å². The normalized spacial score (nSPS) is 12.8. The van der Waals surface area contributed by atoms with Crippen LogP contribution in [0.5, 0.6) is 0 Å². The Morgan fingerprint density at radius 1 is 1.38 bits per heavy atom. The lowest BCUT2D eigenvalue weighted by Crippen LogP contribution is -2.34. The molecule has 2 heterocycles. The fourth-order valence-corrected chi connectivity index (χ4v) is 4.72. The third kappa shape index (κ3) is 3.27. The largest absolute Gasteiger partial charge is 0.398 e. The minimum absolute atomic E-state index is 0.0545. The molecule has 0 aliphatic rings. The molecule has 3 rings (SSSR count). The van der Waals surface area contributed by atoms with Gasteiger partial charge in [0.1, 0.15) is 9.77 Å². The molecule has 0 saturated carbocycles. The highest BCUT2D eigenvalue weighted by atomic mass is 32.2. The van der Waals surface area contributed by atoms with Crippen molar-refractivity contribution in [3.05, 3.63) is 23.2 Å². The molecule has 0 aliphatic heterocycles. The van der Waals surface area contributed by atoms with Crippen LogP contribution in [0.1, 0.15) is 30.4 Å². The van der Waals surface area contributed by atoms with Crippen LogP contribution in [0.4, 0.5) is 5.69 Å². The smallest absolute Gasteiger partial charge is 0.298 e. The summed E-state index contributed by atoms with van der Waals surface area (Å²) in [5, 5.41) is 0. The number of carbonyl (C=O) groups excluding carboxylic acids is 1. The Labute approximate surface area is 155 Å². The van der Waals surface area contributed by atoms with Gasteiger partial charge in [-0.25, -0.2) is 4.98 Å². The molecule has 1 amide bonds. The van der Waals surface area contributed by atoms with Gasteiger partial charge in [0.05, 0.1) is 16.7 Å². The molecule has 0 saturated heterocycles. The summed E-state index contributed by atoms with van der Waals surface area (Å²) >= 11 is 1.15. The molecule has 0 spiro atoms. The fourth-order valence-electron chi connectivity index (χ4n) is 2.93. The molecular formula is C16H20N4O4S2. The number of nitrogen functional groups attached to an aromatic ring is 1. The lowest BCUT2D eigenvalue weighted by molar-refractivity contribution is 0.0750. The molecule has 3 aromatic rings. The second-order valence-corrected chi connectivity index (χ2v) is 9.78. The summed E-state index contributed by atoms with van der Waals surface area (Å²) in [7, 11) is -2.83. The average Bonchev–Trinajstić information content (AvgIpc) is 3.01. The number of anilines is 1. The van der Waals surface area contributed by atoms with E-state index in [9.17, 15) is 17.8 Å². The predicted octanol–water partition coefficient (Wildman–Crippen LogP) is 2.50. The number of benzene rings is 1. The minimum Gasteiger partial charge on any atom is -0.398 e. The number of fused-ring (bicyclic) bond motifs is 3. The highest BCUT2D eigenvalue weighted by Crippen LogP contribution is 2.32. The van der Waals surface area contributed by atoms with E-state index in [0.717, 1.165) is 11.3 Å². The summed E-state index contributed by atoms with van der Waals surface area (Å²) in [6.45, 7) is 6.67. The van der Waals surface area contributed by atoms with E-state index in [2.05, 4.69) is 4.98 Å². The molecule has 10 heteroatoms. The Morgan fingerprint density at radius 3 is 2.62 bits per heavy atom. The SMILES string of the molecule is CN(CC(C)(C)C)C(=O)c1cn2c(nc3ccc(N)c(S(=O)(=O)O)c32)s1. The van der Waals surface area contributed by atoms with Crippen LogP contribution in [0.25, 0.3) is 16.0 Å². The molecule has 2 aromatic heterocycles. The molecule has 0 bridgehead atoms. The standard InChI is InChI=1S/C16H20N4O4S2/c1-16(2,3)8-19(4)14(21)11-7-20-12-10(18-15(20)25-11)6-5-9(17)13(12)26(22,23)24/h5-7H,8,17H2,1-4H3,(H,22,23,24). The maximum absolute atomic E-state index is 12.7. The molecule has 0 aliphatic carbocycles. The highest BCUT2D eigenvalue weighted by Gasteiger charge is 2.25. The molecule has 1 aromatic carbocycles. The molecule has 0 atom stereocenters. The number of hydrogen-bond donors (Lipinski definition) is 2. The Bertz CT molecular complexity index is 1120. The molecule has 0 radical (unpaired) electrons. The molecule has 8 nitrogen and oxygen atoms in total. The highest BCUT2D eigenvalue weighted by molar-refractivity contribution is 7.86. The van der Waals surface area contributed by atoms with Gasteiger partial charge in [-0.05, 0) is 17.5 Å². The zero-order chi connectivity index (χ0) is 19.4. The molecule has 26 heavy (non-hydrogen) atoms. The molecule has 0 fully saturated rings. The first kappa shape index (κ1) is 18.6. The summed E-state index contributed by atoms with van der Waals surface area (Å²) in [5.41, 5.74) is 6.16. The first-order chi connectivity index (χ1) is 11.9. The monoisotopic (exact) mass is 396 g/mol. The Kier molecular flexibility index (Phi) is 4.25. The van der Waals surface area contributed by atoms with Crippen LogP contribution in [-0.2, 0) is 10.1 Å². The van der Waals surface area contributed by atoms with E-state index in [1.165, 1.54) is 16.7 Å². The average molecular weight is 396 g/mol. The number of imidazole rings is 1. The quantitative estimate of drug-likeness (QED) is 0.519. The molecule has 140 valence electrons. The van der Waals surface area contributed by atoms with Crippen LogP contribution in [0.15, 0.2) is 23.2 Å². The number of amides is 1. The second-order valence-electron chi connectivity index (χ2n) is 7.41. The number of nitrogens with zero attached hydrogens (tertiary/aromatic N) is 3. The summed E-state index contributed by atoms with van der Waals surface area (Å²) in [5.74, 6) is -0.180. The Balaban J connectivity index is 2.16. The van der Waals surface area contributed by atoms with Gasteiger partial charge in [-0.3, -0.25) is 13.7 Å². The van der Waals surface area contributed by atoms with Gasteiger partial charge in [0, 0.05) is 19.8 Å². The van der Waals surface area contributed by atoms with Gasteiger partial charge in [-0.2, -0.15) is 8.42 Å². The zero-order valence-electron chi connectivity index (χ0n) is 14.8. The van der Waals surface area contributed by atoms with Gasteiger partial charge < -0.3 is 10.6 Å². The first-order valence-corrected chi connectivity index (χ1v) is 10.1. The van der Waals surface area contributed by atoms with E-state index in [4.69, 9.17) is 5.73 Å². The number of thiazole rings is 1. The second kappa shape index (κ2) is 5.93. The summed E-state index contributed by atoms with van der Waals surface area (Å²) in [6.07, 6.45) is 1.53. The number of nitrogens with two attached hydrogens (primary N) is 1. The van der Waals surface area contributed by atoms with E-state index in [0.29, 0.717) is 21.9 Å². The molecular weight excluding hydrogens is 376 g/mol. The van der Waals surface area contributed by atoms with Crippen molar-refractivity contribution in [3.8, 4) is 0 Å². The van der Waals surface area contributed by atoms with Gasteiger partial charge in [-0.15, -0.1) is 0 Å². The van der Waals surface area contributed by atoms with Gasteiger partial charge in [-0.1, -0.05) is 32.1 Å². The van der Waals surface area contributed by atoms with Crippen molar-refractivity contribution >= 4 is 49.0 Å². The number of hydrogen-bond acceptors (Lipinski definition) is 6. The lowest BCUT2D eigenvalue weighted by Gasteiger charge is -2.26. The Hall–Kier alpha value is -2.17. The summed E-state index contributed by atoms with van der Waals surface area (Å²) in [6, 6.07) is 2.96. The number of carbonyl (C=O) groups is 1. The van der Waals surface area contributed by atoms with Crippen molar-refractivity contribution in [2.75, 3.05) is 19.3 Å². The first-order valence-electron chi connectivity index (χ1n) is 7.81. The van der Waals surface area contributed by atoms with Crippen molar-refractivity contribution in [2.24, 2.45) is 5.41 Å². The fraction of sp³-hybridized carbons (Fsp3) is 0.375. The predicted molar refractivity (Wildman–Crippen MR) is 101 cm³/mol. The van der Waals surface area contributed by atoms with Crippen LogP contribution < -0.4 is 5.73 Å². The molecule has 3 N–H and O–H groups in total. The van der Waals surface area contributed by atoms with Crippen LogP contribution in [0.3, 0.4) is 0 Å². The lowest BCUT2D eigenvalue weighted by atomic mass is 9.96. The van der Waals surface area contributed by atoms with Crippen LogP contribution >= 0.6 is 11.3 Å². The minimum atomic E-state index is -4.55. The third-order valence-electron chi connectivity index (χ3n) is 3.78. The van der Waals surface area contributed by atoms with E-state index in [-0.39, 0.29) is 22.5 Å². The van der Waals surface area contributed by atoms with Crippen molar-refractivity contribution < 1.29 is 17.8 Å². The van der Waals surface area contributed by atoms with Gasteiger partial charge in [0.25, 0.3) is 16.0 Å². The number of aromatic nitrogens is 2. The third-order valence-corrected chi connectivity index (χ3v) is 5.69. The topological polar surface area (TPSA) is 118 Å². The van der Waals surface area contributed by atoms with Crippen LogP contribution in [0.2, 0.25) is 0 Å². The zero-order valence-corrected chi connectivity index (χ0v) is 16.5. The maximum Gasteiger partial charge on any atom is 0.298 e. The van der Waals surface area contributed by atoms with Crippen LogP contribution in [-0.4, -0.2) is 46.8 Å². The number of rotatable bonds is 3. The van der Waals surface area contributed by atoms with Gasteiger partial charge >= 0.3 is 0 Å². The van der Waals surface area contributed by atoms with E-state index < -0.39 is 15.0 Å². The van der Waals surface area contributed by atoms with Crippen molar-refractivity contribution in [1.82, 2.24) is 14.3 Å². The van der Waals surface area contributed by atoms with Crippen molar-refractivity contribution in [3.63, 3.8) is 0 Å². The van der Waals surface area contributed by atoms with E-state index in [1.54, 1.807) is 18.0 Å². The summed E-state index contributed by atoms with van der Waals surface area (Å²) in [4.78, 5) is 19.1. The van der Waals surface area contributed by atoms with E-state index in [1.807, 2.05) is 20.8 Å². The van der Waals surface area contributed by atoms with Gasteiger partial charge in [0.15, 0.2) is 4.96 Å². The maximum atomic E-state index is 12.7. The molecule has 0 unspecified atom stereocenters. The Morgan fingerprint density at radius 2 is 2.04 bits per heavy atom. The van der Waals surface area contributed by atoms with E-state index >= 15 is 0 Å².